The molecule has 1 N–H and O–H groups in total. The van der Waals surface area contributed by atoms with E-state index < -0.39 is 6.09 Å². The fraction of sp³-hybridized carbons (Fsp3) is 0.440. The molecule has 1 aliphatic rings. The van der Waals surface area contributed by atoms with Crippen molar-refractivity contribution < 1.29 is 14.7 Å². The quantitative estimate of drug-likeness (QED) is 0.736. The second kappa shape index (κ2) is 9.10. The third-order valence-corrected chi connectivity index (χ3v) is 5.89. The molecule has 166 valence electrons. The highest BCUT2D eigenvalue weighted by atomic mass is 16.4. The Hall–Kier alpha value is -2.86. The largest absolute Gasteiger partial charge is 0.465 e. The van der Waals surface area contributed by atoms with Gasteiger partial charge < -0.3 is 14.9 Å². The molecule has 0 bridgehead atoms. The smallest absolute Gasteiger partial charge is 0.408 e. The number of carbonyl (C=O) groups excluding carboxylic acids is 1. The molecule has 1 aliphatic heterocycles. The Labute approximate surface area is 185 Å². The Morgan fingerprint density at radius 2 is 1.71 bits per heavy atom. The first kappa shape index (κ1) is 22.8. The summed E-state index contributed by atoms with van der Waals surface area (Å²) in [6, 6.07) is 13.9. The summed E-state index contributed by atoms with van der Waals surface area (Å²) >= 11 is 0. The van der Waals surface area contributed by atoms with Gasteiger partial charge in [0.2, 0.25) is 5.91 Å². The SMILES string of the molecule is CC(=O)N1c2ccc(-c3ccc(CN(C)C)cc3)cc2C(N(C(=O)O)C(C)C)CC1C. The number of hydrogen-bond acceptors (Lipinski definition) is 3. The number of carbonyl (C=O) groups is 2. The zero-order chi connectivity index (χ0) is 22.9. The maximum atomic E-state index is 12.4. The fourth-order valence-corrected chi connectivity index (χ4v) is 4.64. The lowest BCUT2D eigenvalue weighted by Gasteiger charge is -2.43. The van der Waals surface area contributed by atoms with Crippen molar-refractivity contribution in [2.45, 2.75) is 58.8 Å². The van der Waals surface area contributed by atoms with Crippen LogP contribution < -0.4 is 4.90 Å². The average molecular weight is 424 g/mol. The van der Waals surface area contributed by atoms with Crippen LogP contribution in [0.1, 0.15) is 51.3 Å². The maximum Gasteiger partial charge on any atom is 0.408 e. The predicted molar refractivity (Wildman–Crippen MR) is 124 cm³/mol. The van der Waals surface area contributed by atoms with Crippen LogP contribution in [0.5, 0.6) is 0 Å². The van der Waals surface area contributed by atoms with Crippen molar-refractivity contribution in [1.29, 1.82) is 0 Å². The number of carboxylic acid groups (broad SMARTS) is 1. The summed E-state index contributed by atoms with van der Waals surface area (Å²) in [5, 5.41) is 9.91. The van der Waals surface area contributed by atoms with Crippen molar-refractivity contribution in [3.8, 4) is 11.1 Å². The summed E-state index contributed by atoms with van der Waals surface area (Å²) in [4.78, 5) is 29.9. The van der Waals surface area contributed by atoms with Crippen LogP contribution in [0, 0.1) is 0 Å². The van der Waals surface area contributed by atoms with Gasteiger partial charge in [-0.3, -0.25) is 9.69 Å². The van der Waals surface area contributed by atoms with Gasteiger partial charge in [-0.05, 0) is 75.7 Å². The molecule has 2 atom stereocenters. The van der Waals surface area contributed by atoms with Gasteiger partial charge >= 0.3 is 6.09 Å². The number of fused-ring (bicyclic) bond motifs is 1. The molecular weight excluding hydrogens is 390 g/mol. The van der Waals surface area contributed by atoms with Crippen LogP contribution in [0.4, 0.5) is 10.5 Å². The van der Waals surface area contributed by atoms with Crippen LogP contribution in [-0.2, 0) is 11.3 Å². The minimum absolute atomic E-state index is 0.0283. The number of amides is 2. The lowest BCUT2D eigenvalue weighted by Crippen LogP contribution is -2.48. The summed E-state index contributed by atoms with van der Waals surface area (Å²) in [7, 11) is 4.09. The van der Waals surface area contributed by atoms with Crippen molar-refractivity contribution in [2.24, 2.45) is 0 Å². The van der Waals surface area contributed by atoms with Crippen molar-refractivity contribution in [3.05, 3.63) is 53.6 Å². The zero-order valence-corrected chi connectivity index (χ0v) is 19.3. The summed E-state index contributed by atoms with van der Waals surface area (Å²) in [6.07, 6.45) is -0.365. The Morgan fingerprint density at radius 3 is 2.23 bits per heavy atom. The molecule has 0 spiro atoms. The standard InChI is InChI=1S/C25H33N3O3/c1-16(2)27(25(30)31)24-13-17(3)28(18(4)29)23-12-11-21(14-22(23)24)20-9-7-19(8-10-20)15-26(5)6/h7-12,14,16-17,24H,13,15H2,1-6H3,(H,30,31). The molecule has 6 nitrogen and oxygen atoms in total. The molecule has 2 unspecified atom stereocenters. The van der Waals surface area contributed by atoms with E-state index in [1.54, 1.807) is 11.8 Å². The maximum absolute atomic E-state index is 12.4. The molecule has 0 radical (unpaired) electrons. The van der Waals surface area contributed by atoms with Crippen molar-refractivity contribution in [2.75, 3.05) is 19.0 Å². The van der Waals surface area contributed by atoms with Crippen LogP contribution in [-0.4, -0.2) is 53.1 Å². The van der Waals surface area contributed by atoms with E-state index in [9.17, 15) is 14.7 Å². The van der Waals surface area contributed by atoms with Crippen LogP contribution in [0.25, 0.3) is 11.1 Å². The topological polar surface area (TPSA) is 64.1 Å². The first-order chi connectivity index (χ1) is 14.6. The van der Waals surface area contributed by atoms with Crippen molar-refractivity contribution in [3.63, 3.8) is 0 Å². The molecule has 6 heteroatoms. The molecule has 2 aromatic rings. The van der Waals surface area contributed by atoms with E-state index in [0.717, 1.165) is 28.9 Å². The van der Waals surface area contributed by atoms with Crippen molar-refractivity contribution in [1.82, 2.24) is 9.80 Å². The van der Waals surface area contributed by atoms with Gasteiger partial charge in [0, 0.05) is 31.2 Å². The van der Waals surface area contributed by atoms with Crippen LogP contribution in [0.15, 0.2) is 42.5 Å². The Kier molecular flexibility index (Phi) is 6.70. The van der Waals surface area contributed by atoms with Gasteiger partial charge in [-0.1, -0.05) is 30.3 Å². The highest BCUT2D eigenvalue weighted by Gasteiger charge is 2.38. The highest BCUT2D eigenvalue weighted by Crippen LogP contribution is 2.43. The molecule has 0 saturated carbocycles. The van der Waals surface area contributed by atoms with Gasteiger partial charge in [-0.15, -0.1) is 0 Å². The van der Waals surface area contributed by atoms with Gasteiger partial charge in [0.05, 0.1) is 6.04 Å². The fourth-order valence-electron chi connectivity index (χ4n) is 4.64. The monoisotopic (exact) mass is 423 g/mol. The summed E-state index contributed by atoms with van der Waals surface area (Å²) in [6.45, 7) is 8.21. The predicted octanol–water partition coefficient (Wildman–Crippen LogP) is 4.99. The third-order valence-electron chi connectivity index (χ3n) is 5.89. The Balaban J connectivity index is 2.09. The van der Waals surface area contributed by atoms with E-state index in [-0.39, 0.29) is 24.0 Å². The number of nitrogens with zero attached hydrogens (tertiary/aromatic N) is 3. The molecule has 3 rings (SSSR count). The van der Waals surface area contributed by atoms with E-state index >= 15 is 0 Å². The van der Waals surface area contributed by atoms with Crippen LogP contribution in [0.3, 0.4) is 0 Å². The van der Waals surface area contributed by atoms with Gasteiger partial charge in [0.25, 0.3) is 0 Å². The lowest BCUT2D eigenvalue weighted by atomic mass is 9.87. The molecule has 1 heterocycles. The second-order valence-electron chi connectivity index (χ2n) is 8.98. The Bertz CT molecular complexity index is 953. The van der Waals surface area contributed by atoms with Gasteiger partial charge in [0.15, 0.2) is 0 Å². The number of benzene rings is 2. The summed E-state index contributed by atoms with van der Waals surface area (Å²) < 4.78 is 0. The highest BCUT2D eigenvalue weighted by molar-refractivity contribution is 5.94. The van der Waals surface area contributed by atoms with Gasteiger partial charge in [-0.2, -0.15) is 0 Å². The molecule has 0 aliphatic carbocycles. The van der Waals surface area contributed by atoms with E-state index in [4.69, 9.17) is 0 Å². The lowest BCUT2D eigenvalue weighted by molar-refractivity contribution is -0.117. The minimum atomic E-state index is -0.937. The molecule has 0 aromatic heterocycles. The third kappa shape index (κ3) is 4.74. The second-order valence-corrected chi connectivity index (χ2v) is 8.98. The molecule has 0 fully saturated rings. The van der Waals surface area contributed by atoms with Crippen LogP contribution in [0.2, 0.25) is 0 Å². The number of anilines is 1. The van der Waals surface area contributed by atoms with Crippen molar-refractivity contribution >= 4 is 17.7 Å². The van der Waals surface area contributed by atoms with Gasteiger partial charge in [0.1, 0.15) is 0 Å². The van der Waals surface area contributed by atoms with Crippen LogP contribution >= 0.6 is 0 Å². The van der Waals surface area contributed by atoms with Gasteiger partial charge in [-0.25, -0.2) is 4.79 Å². The zero-order valence-electron chi connectivity index (χ0n) is 19.3. The normalized spacial score (nSPS) is 18.3. The first-order valence-electron chi connectivity index (χ1n) is 10.8. The first-order valence-corrected chi connectivity index (χ1v) is 10.8. The molecule has 0 saturated heterocycles. The van der Waals surface area contributed by atoms with E-state index in [1.165, 1.54) is 10.5 Å². The molecular formula is C25H33N3O3. The Morgan fingerprint density at radius 1 is 1.10 bits per heavy atom. The van der Waals surface area contributed by atoms with E-state index in [0.29, 0.717) is 6.42 Å². The number of hydrogen-bond donors (Lipinski definition) is 1. The average Bonchev–Trinajstić information content (AvgIpc) is 2.67. The summed E-state index contributed by atoms with van der Waals surface area (Å²) in [5.74, 6) is -0.0283. The molecule has 2 aromatic carbocycles. The molecule has 2 amide bonds. The number of rotatable bonds is 5. The van der Waals surface area contributed by atoms with E-state index in [1.807, 2.05) is 47.0 Å². The minimum Gasteiger partial charge on any atom is -0.465 e. The molecule has 31 heavy (non-hydrogen) atoms. The summed E-state index contributed by atoms with van der Waals surface area (Å²) in [5.41, 5.74) is 5.02. The van der Waals surface area contributed by atoms with E-state index in [2.05, 4.69) is 35.2 Å².